The molecule has 3 heterocycles. The molecule has 0 spiro atoms. The van der Waals surface area contributed by atoms with E-state index in [-0.39, 0.29) is 6.10 Å². The smallest absolute Gasteiger partial charge is 0.185 e. The maximum atomic E-state index is 10.2. The molecule has 1 aliphatic rings. The monoisotopic (exact) mass is 321 g/mol. The predicted octanol–water partition coefficient (Wildman–Crippen LogP) is 1.22. The van der Waals surface area contributed by atoms with Crippen LogP contribution in [0.4, 0.5) is 5.13 Å². The number of aryl methyl sites for hydroxylation is 1. The Morgan fingerprint density at radius 1 is 1.41 bits per heavy atom. The molecular formula is C15H23N5OS. The molecule has 7 heteroatoms. The van der Waals surface area contributed by atoms with E-state index >= 15 is 0 Å². The quantitative estimate of drug-likeness (QED) is 0.897. The molecule has 2 aromatic rings. The molecule has 0 bridgehead atoms. The summed E-state index contributed by atoms with van der Waals surface area (Å²) >= 11 is 1.71. The molecule has 1 saturated heterocycles. The molecule has 3 rings (SSSR count). The van der Waals surface area contributed by atoms with Crippen molar-refractivity contribution in [3.05, 3.63) is 29.5 Å². The van der Waals surface area contributed by atoms with Crippen LogP contribution in [-0.4, -0.2) is 63.1 Å². The molecule has 0 aliphatic carbocycles. The van der Waals surface area contributed by atoms with Crippen LogP contribution < -0.4 is 4.90 Å². The van der Waals surface area contributed by atoms with Gasteiger partial charge in [0.05, 0.1) is 18.3 Å². The fourth-order valence-corrected chi connectivity index (χ4v) is 3.87. The van der Waals surface area contributed by atoms with E-state index in [0.717, 1.165) is 30.5 Å². The number of aromatic nitrogens is 3. The topological polar surface area (TPSA) is 57.4 Å². The largest absolute Gasteiger partial charge is 0.390 e. The van der Waals surface area contributed by atoms with Crippen molar-refractivity contribution in [3.8, 4) is 0 Å². The van der Waals surface area contributed by atoms with Gasteiger partial charge >= 0.3 is 0 Å². The van der Waals surface area contributed by atoms with Gasteiger partial charge in [0.15, 0.2) is 5.13 Å². The van der Waals surface area contributed by atoms with Gasteiger partial charge in [-0.3, -0.25) is 9.58 Å². The number of hydrogen-bond donors (Lipinski definition) is 1. The lowest BCUT2D eigenvalue weighted by atomic mass is 10.2. The Kier molecular flexibility index (Phi) is 4.75. The Bertz CT molecular complexity index is 585. The summed E-state index contributed by atoms with van der Waals surface area (Å²) in [5, 5.41) is 17.6. The lowest BCUT2D eigenvalue weighted by Crippen LogP contribution is -2.53. The first-order valence-electron chi connectivity index (χ1n) is 7.68. The van der Waals surface area contributed by atoms with E-state index in [1.165, 1.54) is 0 Å². The molecule has 2 atom stereocenters. The molecule has 0 radical (unpaired) electrons. The van der Waals surface area contributed by atoms with E-state index in [2.05, 4.69) is 32.2 Å². The van der Waals surface area contributed by atoms with Crippen molar-refractivity contribution < 1.29 is 5.11 Å². The van der Waals surface area contributed by atoms with Crippen molar-refractivity contribution in [1.29, 1.82) is 0 Å². The zero-order valence-electron chi connectivity index (χ0n) is 13.1. The number of nitrogens with zero attached hydrogens (tertiary/aromatic N) is 5. The second-order valence-corrected chi connectivity index (χ2v) is 6.79. The van der Waals surface area contributed by atoms with E-state index in [0.29, 0.717) is 19.1 Å². The summed E-state index contributed by atoms with van der Waals surface area (Å²) < 4.78 is 1.78. The minimum atomic E-state index is -0.388. The van der Waals surface area contributed by atoms with Crippen molar-refractivity contribution in [1.82, 2.24) is 19.7 Å². The molecule has 0 aromatic carbocycles. The SMILES string of the molecule is Cc1csc(N2CCN(C[C@@H](O)Cn3cccn3)C[C@@H]2C)n1. The second-order valence-electron chi connectivity index (χ2n) is 5.96. The van der Waals surface area contributed by atoms with Gasteiger partial charge < -0.3 is 10.0 Å². The Morgan fingerprint density at radius 3 is 2.91 bits per heavy atom. The molecule has 6 nitrogen and oxygen atoms in total. The Labute approximate surface area is 135 Å². The van der Waals surface area contributed by atoms with E-state index < -0.39 is 0 Å². The van der Waals surface area contributed by atoms with E-state index in [1.54, 1.807) is 22.2 Å². The first-order valence-corrected chi connectivity index (χ1v) is 8.56. The average molecular weight is 321 g/mol. The van der Waals surface area contributed by atoms with E-state index in [9.17, 15) is 5.11 Å². The zero-order valence-corrected chi connectivity index (χ0v) is 13.9. The number of β-amino-alcohol motifs (C(OH)–C–C–N with tert-alkyl or cyclic N) is 1. The van der Waals surface area contributed by atoms with Crippen LogP contribution in [0.25, 0.3) is 0 Å². The number of anilines is 1. The summed E-state index contributed by atoms with van der Waals surface area (Å²) in [7, 11) is 0. The highest BCUT2D eigenvalue weighted by molar-refractivity contribution is 7.13. The molecule has 2 aromatic heterocycles. The molecule has 0 unspecified atom stereocenters. The van der Waals surface area contributed by atoms with Crippen LogP contribution in [-0.2, 0) is 6.54 Å². The number of rotatable bonds is 5. The number of thiazole rings is 1. The highest BCUT2D eigenvalue weighted by Gasteiger charge is 2.26. The Hall–Kier alpha value is -1.44. The maximum Gasteiger partial charge on any atom is 0.185 e. The third-order valence-corrected chi connectivity index (χ3v) is 4.99. The zero-order chi connectivity index (χ0) is 15.5. The van der Waals surface area contributed by atoms with Gasteiger partial charge in [-0.15, -0.1) is 11.3 Å². The van der Waals surface area contributed by atoms with Gasteiger partial charge in [-0.25, -0.2) is 4.98 Å². The number of aliphatic hydroxyl groups is 1. The fourth-order valence-electron chi connectivity index (χ4n) is 2.94. The first kappa shape index (κ1) is 15.5. The highest BCUT2D eigenvalue weighted by atomic mass is 32.1. The molecular weight excluding hydrogens is 298 g/mol. The molecule has 1 fully saturated rings. The van der Waals surface area contributed by atoms with Gasteiger partial charge in [0, 0.05) is 50.0 Å². The van der Waals surface area contributed by atoms with Gasteiger partial charge in [-0.1, -0.05) is 0 Å². The lowest BCUT2D eigenvalue weighted by Gasteiger charge is -2.40. The summed E-state index contributed by atoms with van der Waals surface area (Å²) in [6, 6.07) is 2.29. The second kappa shape index (κ2) is 6.76. The van der Waals surface area contributed by atoms with Crippen LogP contribution in [0, 0.1) is 6.92 Å². The van der Waals surface area contributed by atoms with Gasteiger partial charge in [0.2, 0.25) is 0 Å². The Morgan fingerprint density at radius 2 is 2.27 bits per heavy atom. The molecule has 1 N–H and O–H groups in total. The predicted molar refractivity (Wildman–Crippen MR) is 88.3 cm³/mol. The number of hydrogen-bond acceptors (Lipinski definition) is 6. The minimum absolute atomic E-state index is 0.388. The van der Waals surface area contributed by atoms with Gasteiger partial charge in [0.25, 0.3) is 0 Å². The van der Waals surface area contributed by atoms with Crippen LogP contribution in [0.3, 0.4) is 0 Å². The summed E-state index contributed by atoms with van der Waals surface area (Å²) in [6.45, 7) is 8.37. The number of aliphatic hydroxyl groups excluding tert-OH is 1. The highest BCUT2D eigenvalue weighted by Crippen LogP contribution is 2.24. The Balaban J connectivity index is 1.51. The summed E-state index contributed by atoms with van der Waals surface area (Å²) in [6.07, 6.45) is 3.23. The lowest BCUT2D eigenvalue weighted by molar-refractivity contribution is 0.0863. The normalized spacial score (nSPS) is 21.2. The van der Waals surface area contributed by atoms with Crippen molar-refractivity contribution in [2.24, 2.45) is 0 Å². The van der Waals surface area contributed by atoms with Crippen LogP contribution >= 0.6 is 11.3 Å². The van der Waals surface area contributed by atoms with Gasteiger partial charge in [-0.05, 0) is 19.9 Å². The van der Waals surface area contributed by atoms with Crippen molar-refractivity contribution in [2.75, 3.05) is 31.1 Å². The molecule has 0 saturated carbocycles. The standard InChI is InChI=1S/C15H23N5OS/c1-12-11-22-15(17-12)20-7-6-18(8-13(20)2)9-14(21)10-19-5-3-4-16-19/h3-5,11,13-14,21H,6-10H2,1-2H3/t13-,14+/m0/s1. The van der Waals surface area contributed by atoms with E-state index in [4.69, 9.17) is 0 Å². The fraction of sp³-hybridized carbons (Fsp3) is 0.600. The minimum Gasteiger partial charge on any atom is -0.390 e. The number of piperazine rings is 1. The average Bonchev–Trinajstić information content (AvgIpc) is 3.10. The summed E-state index contributed by atoms with van der Waals surface area (Å²) in [4.78, 5) is 9.28. The summed E-state index contributed by atoms with van der Waals surface area (Å²) in [5.41, 5.74) is 1.09. The van der Waals surface area contributed by atoms with Gasteiger partial charge in [-0.2, -0.15) is 5.10 Å². The van der Waals surface area contributed by atoms with Crippen molar-refractivity contribution in [2.45, 2.75) is 32.5 Å². The van der Waals surface area contributed by atoms with Crippen LogP contribution in [0.2, 0.25) is 0 Å². The van der Waals surface area contributed by atoms with E-state index in [1.807, 2.05) is 19.2 Å². The summed E-state index contributed by atoms with van der Waals surface area (Å²) in [5.74, 6) is 0. The maximum absolute atomic E-state index is 10.2. The van der Waals surface area contributed by atoms with Crippen LogP contribution in [0.5, 0.6) is 0 Å². The third kappa shape index (κ3) is 3.66. The molecule has 1 aliphatic heterocycles. The molecule has 22 heavy (non-hydrogen) atoms. The van der Waals surface area contributed by atoms with Crippen molar-refractivity contribution >= 4 is 16.5 Å². The van der Waals surface area contributed by atoms with Crippen LogP contribution in [0.1, 0.15) is 12.6 Å². The van der Waals surface area contributed by atoms with Crippen LogP contribution in [0.15, 0.2) is 23.8 Å². The van der Waals surface area contributed by atoms with Crippen molar-refractivity contribution in [3.63, 3.8) is 0 Å². The molecule has 120 valence electrons. The third-order valence-electron chi connectivity index (χ3n) is 3.99. The molecule has 0 amide bonds. The first-order chi connectivity index (χ1) is 10.6. The van der Waals surface area contributed by atoms with Gasteiger partial charge in [0.1, 0.15) is 0 Å².